The van der Waals surface area contributed by atoms with E-state index in [1.807, 2.05) is 0 Å². The van der Waals surface area contributed by atoms with Crippen LogP contribution in [0.3, 0.4) is 0 Å². The highest BCUT2D eigenvalue weighted by Crippen LogP contribution is 2.16. The molecule has 0 aromatic heterocycles. The Morgan fingerprint density at radius 1 is 1.56 bits per heavy atom. The predicted octanol–water partition coefficient (Wildman–Crippen LogP) is 2.08. The van der Waals surface area contributed by atoms with Crippen LogP contribution in [0.4, 0.5) is 4.39 Å². The summed E-state index contributed by atoms with van der Waals surface area (Å²) in [6, 6.07) is 4.82. The van der Waals surface area contributed by atoms with Crippen molar-refractivity contribution in [3.63, 3.8) is 0 Å². The third kappa shape index (κ3) is 3.86. The molecule has 0 saturated carbocycles. The van der Waals surface area contributed by atoms with E-state index in [4.69, 9.17) is 4.74 Å². The second kappa shape index (κ2) is 6.41. The Morgan fingerprint density at radius 3 is 3.06 bits per heavy atom. The molecule has 0 amide bonds. The molecule has 18 heavy (non-hydrogen) atoms. The largest absolute Gasteiger partial charge is 0.379 e. The normalized spacial score (nSPS) is 19.8. The number of rotatable bonds is 4. The van der Waals surface area contributed by atoms with Gasteiger partial charge in [-0.25, -0.2) is 4.39 Å². The molecule has 1 heterocycles. The third-order valence-electron chi connectivity index (χ3n) is 2.88. The summed E-state index contributed by atoms with van der Waals surface area (Å²) in [6.45, 7) is 2.01. The van der Waals surface area contributed by atoms with Crippen LogP contribution in [0.5, 0.6) is 0 Å². The number of ether oxygens (including phenoxy) is 1. The maximum absolute atomic E-state index is 13.6. The van der Waals surface area contributed by atoms with E-state index in [0.29, 0.717) is 29.7 Å². The van der Waals surface area contributed by atoms with E-state index in [2.05, 4.69) is 21.2 Å². The van der Waals surface area contributed by atoms with Gasteiger partial charge in [0, 0.05) is 29.9 Å². The Labute approximate surface area is 114 Å². The molecule has 98 valence electrons. The number of nitrogens with one attached hydrogen (secondary N) is 1. The maximum Gasteiger partial charge on any atom is 0.139 e. The molecule has 2 rings (SSSR count). The molecule has 0 aliphatic carbocycles. The summed E-state index contributed by atoms with van der Waals surface area (Å²) in [6.07, 6.45) is 0.521. The van der Waals surface area contributed by atoms with E-state index >= 15 is 0 Å². The summed E-state index contributed by atoms with van der Waals surface area (Å²) < 4.78 is 19.5. The van der Waals surface area contributed by atoms with E-state index in [-0.39, 0.29) is 24.1 Å². The standard InChI is InChI=1S/C13H15BrFNO2/c14-10-2-1-9(13(15)6-10)5-12(17)7-11-8-18-4-3-16-11/h1-2,6,11,16H,3-5,7-8H2. The lowest BCUT2D eigenvalue weighted by Gasteiger charge is -2.23. The lowest BCUT2D eigenvalue weighted by atomic mass is 10.0. The first kappa shape index (κ1) is 13.6. The molecule has 1 aromatic rings. The van der Waals surface area contributed by atoms with E-state index < -0.39 is 0 Å². The summed E-state index contributed by atoms with van der Waals surface area (Å²) in [5.74, 6) is -0.315. The summed E-state index contributed by atoms with van der Waals surface area (Å²) in [5, 5.41) is 3.21. The topological polar surface area (TPSA) is 38.3 Å². The summed E-state index contributed by atoms with van der Waals surface area (Å²) in [7, 11) is 0. The Bertz CT molecular complexity index is 433. The van der Waals surface area contributed by atoms with Crippen LogP contribution in [-0.2, 0) is 16.0 Å². The Kier molecular flexibility index (Phi) is 4.86. The van der Waals surface area contributed by atoms with E-state index in [1.54, 1.807) is 12.1 Å². The molecular formula is C13H15BrFNO2. The van der Waals surface area contributed by atoms with Crippen molar-refractivity contribution in [3.05, 3.63) is 34.1 Å². The fourth-order valence-corrected chi connectivity index (χ4v) is 2.31. The quantitative estimate of drug-likeness (QED) is 0.924. The fourth-order valence-electron chi connectivity index (χ4n) is 1.98. The molecule has 1 aliphatic heterocycles. The first-order valence-electron chi connectivity index (χ1n) is 5.92. The number of carbonyl (C=O) groups excluding carboxylic acids is 1. The molecule has 0 radical (unpaired) electrons. The highest BCUT2D eigenvalue weighted by molar-refractivity contribution is 9.10. The molecule has 0 spiro atoms. The Morgan fingerprint density at radius 2 is 2.39 bits per heavy atom. The summed E-state index contributed by atoms with van der Waals surface area (Å²) >= 11 is 3.19. The number of carbonyl (C=O) groups is 1. The lowest BCUT2D eigenvalue weighted by molar-refractivity contribution is -0.119. The van der Waals surface area contributed by atoms with Crippen LogP contribution in [0.15, 0.2) is 22.7 Å². The van der Waals surface area contributed by atoms with Gasteiger partial charge in [-0.3, -0.25) is 4.79 Å². The molecule has 1 aliphatic rings. The zero-order valence-electron chi connectivity index (χ0n) is 9.92. The van der Waals surface area contributed by atoms with Crippen molar-refractivity contribution in [1.29, 1.82) is 0 Å². The van der Waals surface area contributed by atoms with Gasteiger partial charge in [0.1, 0.15) is 11.6 Å². The van der Waals surface area contributed by atoms with Crippen LogP contribution in [0, 0.1) is 5.82 Å². The van der Waals surface area contributed by atoms with Crippen LogP contribution in [0.25, 0.3) is 0 Å². The lowest BCUT2D eigenvalue weighted by Crippen LogP contribution is -2.42. The second-order valence-electron chi connectivity index (χ2n) is 4.38. The van der Waals surface area contributed by atoms with Gasteiger partial charge in [-0.2, -0.15) is 0 Å². The number of ketones is 1. The smallest absolute Gasteiger partial charge is 0.139 e. The monoisotopic (exact) mass is 315 g/mol. The molecule has 1 aromatic carbocycles. The fraction of sp³-hybridized carbons (Fsp3) is 0.462. The third-order valence-corrected chi connectivity index (χ3v) is 3.37. The van der Waals surface area contributed by atoms with Crippen LogP contribution in [0.1, 0.15) is 12.0 Å². The van der Waals surface area contributed by atoms with Gasteiger partial charge in [0.25, 0.3) is 0 Å². The molecule has 5 heteroatoms. The van der Waals surface area contributed by atoms with Crippen molar-refractivity contribution in [2.75, 3.05) is 19.8 Å². The van der Waals surface area contributed by atoms with Gasteiger partial charge in [-0.1, -0.05) is 22.0 Å². The van der Waals surface area contributed by atoms with Gasteiger partial charge in [0.05, 0.1) is 13.2 Å². The minimum absolute atomic E-state index is 0.0271. The molecule has 1 N–H and O–H groups in total. The number of hydrogen-bond donors (Lipinski definition) is 1. The Hall–Kier alpha value is -0.780. The van der Waals surface area contributed by atoms with Crippen LogP contribution in [-0.4, -0.2) is 31.6 Å². The Balaban J connectivity index is 1.90. The van der Waals surface area contributed by atoms with Crippen molar-refractivity contribution >= 4 is 21.7 Å². The van der Waals surface area contributed by atoms with Crippen molar-refractivity contribution in [2.45, 2.75) is 18.9 Å². The molecular weight excluding hydrogens is 301 g/mol. The van der Waals surface area contributed by atoms with Gasteiger partial charge < -0.3 is 10.1 Å². The van der Waals surface area contributed by atoms with Crippen molar-refractivity contribution in [3.8, 4) is 0 Å². The molecule has 1 saturated heterocycles. The van der Waals surface area contributed by atoms with E-state index in [0.717, 1.165) is 6.54 Å². The number of benzene rings is 1. The van der Waals surface area contributed by atoms with Crippen LogP contribution >= 0.6 is 15.9 Å². The number of Topliss-reactive ketones (excluding diaryl/α,β-unsaturated/α-hetero) is 1. The van der Waals surface area contributed by atoms with E-state index in [1.165, 1.54) is 6.07 Å². The number of morpholine rings is 1. The highest BCUT2D eigenvalue weighted by Gasteiger charge is 2.17. The average molecular weight is 316 g/mol. The first-order chi connectivity index (χ1) is 8.65. The van der Waals surface area contributed by atoms with Crippen molar-refractivity contribution in [1.82, 2.24) is 5.32 Å². The highest BCUT2D eigenvalue weighted by atomic mass is 79.9. The second-order valence-corrected chi connectivity index (χ2v) is 5.30. The van der Waals surface area contributed by atoms with Crippen molar-refractivity contribution < 1.29 is 13.9 Å². The first-order valence-corrected chi connectivity index (χ1v) is 6.71. The minimum Gasteiger partial charge on any atom is -0.379 e. The van der Waals surface area contributed by atoms with Gasteiger partial charge in [0.2, 0.25) is 0 Å². The molecule has 0 bridgehead atoms. The molecule has 1 unspecified atom stereocenters. The zero-order chi connectivity index (χ0) is 13.0. The van der Waals surface area contributed by atoms with Gasteiger partial charge >= 0.3 is 0 Å². The van der Waals surface area contributed by atoms with Crippen LogP contribution < -0.4 is 5.32 Å². The summed E-state index contributed by atoms with van der Waals surface area (Å²) in [4.78, 5) is 11.8. The van der Waals surface area contributed by atoms with Gasteiger partial charge in [-0.05, 0) is 17.7 Å². The minimum atomic E-state index is -0.342. The summed E-state index contributed by atoms with van der Waals surface area (Å²) in [5.41, 5.74) is 0.444. The molecule has 1 fully saturated rings. The average Bonchev–Trinajstić information content (AvgIpc) is 2.34. The van der Waals surface area contributed by atoms with E-state index in [9.17, 15) is 9.18 Å². The predicted molar refractivity (Wildman–Crippen MR) is 70.0 cm³/mol. The zero-order valence-corrected chi connectivity index (χ0v) is 11.5. The van der Waals surface area contributed by atoms with Gasteiger partial charge in [-0.15, -0.1) is 0 Å². The molecule has 1 atom stereocenters. The van der Waals surface area contributed by atoms with Crippen LogP contribution in [0.2, 0.25) is 0 Å². The SMILES string of the molecule is O=C(Cc1ccc(Br)cc1F)CC1COCCN1. The molecule has 3 nitrogen and oxygen atoms in total. The van der Waals surface area contributed by atoms with Gasteiger partial charge in [0.15, 0.2) is 0 Å². The number of halogens is 2. The maximum atomic E-state index is 13.6. The van der Waals surface area contributed by atoms with Crippen molar-refractivity contribution in [2.24, 2.45) is 0 Å². The number of hydrogen-bond acceptors (Lipinski definition) is 3.